The van der Waals surface area contributed by atoms with Crippen LogP contribution in [0.1, 0.15) is 19.3 Å². The zero-order chi connectivity index (χ0) is 16.4. The summed E-state index contributed by atoms with van der Waals surface area (Å²) in [6.07, 6.45) is 2.23. The Bertz CT molecular complexity index is 357. The lowest BCUT2D eigenvalue weighted by atomic mass is 9.78. The number of nitrogens with zero attached hydrogens (tertiary/aromatic N) is 1. The molecule has 1 aliphatic heterocycles. The van der Waals surface area contributed by atoms with Crippen LogP contribution in [0.2, 0.25) is 0 Å². The third kappa shape index (κ3) is 7.03. The van der Waals surface area contributed by atoms with E-state index in [4.69, 9.17) is 9.47 Å². The number of hydrogen-bond donors (Lipinski definition) is 2. The van der Waals surface area contributed by atoms with Crippen LogP contribution in [0.4, 0.5) is 0 Å². The highest BCUT2D eigenvalue weighted by Gasteiger charge is 2.41. The monoisotopic (exact) mass is 351 g/mol. The topological polar surface area (TPSA) is 79.9 Å². The van der Waals surface area contributed by atoms with Crippen LogP contribution in [0.15, 0.2) is 0 Å². The highest BCUT2D eigenvalue weighted by Crippen LogP contribution is 2.31. The van der Waals surface area contributed by atoms with Crippen molar-refractivity contribution >= 4 is 24.2 Å². The Morgan fingerprint density at radius 3 is 2.43 bits per heavy atom. The van der Waals surface area contributed by atoms with Crippen molar-refractivity contribution in [1.29, 1.82) is 0 Å². The number of hydrogen-bond acceptors (Lipinski definition) is 5. The molecule has 1 aliphatic rings. The van der Waals surface area contributed by atoms with Crippen molar-refractivity contribution in [3.8, 4) is 0 Å². The van der Waals surface area contributed by atoms with Gasteiger partial charge in [0.25, 0.3) is 0 Å². The summed E-state index contributed by atoms with van der Waals surface area (Å²) >= 11 is 0. The highest BCUT2D eigenvalue weighted by atomic mass is 35.5. The lowest BCUT2D eigenvalue weighted by Gasteiger charge is -2.38. The minimum atomic E-state index is -0.509. The number of halogens is 1. The lowest BCUT2D eigenvalue weighted by molar-refractivity contribution is -0.148. The molecule has 1 heterocycles. The minimum absolute atomic E-state index is 0. The second-order valence-electron chi connectivity index (χ2n) is 5.82. The standard InChI is InChI=1S/C15H29N3O4.ClH/c1-18(11-13(19)17-7-4-10-21-2)14(20)15(12-22-3)5-8-16-9-6-15;/h16H,4-12H2,1-3H3,(H,17,19);1H. The Morgan fingerprint density at radius 2 is 1.87 bits per heavy atom. The number of likely N-dealkylation sites (N-methyl/N-ethyl adjacent to an activating group) is 1. The van der Waals surface area contributed by atoms with E-state index in [9.17, 15) is 9.59 Å². The van der Waals surface area contributed by atoms with Gasteiger partial charge in [0.05, 0.1) is 18.6 Å². The fourth-order valence-corrected chi connectivity index (χ4v) is 2.79. The number of methoxy groups -OCH3 is 2. The van der Waals surface area contributed by atoms with Crippen LogP contribution in [-0.2, 0) is 19.1 Å². The molecule has 0 unspecified atom stereocenters. The van der Waals surface area contributed by atoms with Crippen LogP contribution in [0, 0.1) is 5.41 Å². The number of rotatable bonds is 9. The van der Waals surface area contributed by atoms with Gasteiger partial charge in [-0.25, -0.2) is 0 Å². The average molecular weight is 352 g/mol. The van der Waals surface area contributed by atoms with Gasteiger partial charge in [-0.3, -0.25) is 9.59 Å². The van der Waals surface area contributed by atoms with Crippen molar-refractivity contribution < 1.29 is 19.1 Å². The summed E-state index contributed by atoms with van der Waals surface area (Å²) in [7, 11) is 4.92. The van der Waals surface area contributed by atoms with Crippen LogP contribution in [-0.4, -0.2) is 77.4 Å². The third-order valence-corrected chi connectivity index (χ3v) is 4.01. The Morgan fingerprint density at radius 1 is 1.22 bits per heavy atom. The second kappa shape index (κ2) is 11.6. The number of ether oxygens (including phenoxy) is 2. The molecule has 0 radical (unpaired) electrons. The molecule has 7 nitrogen and oxygen atoms in total. The summed E-state index contributed by atoms with van der Waals surface area (Å²) in [5, 5.41) is 6.05. The first kappa shape index (κ1) is 22.1. The molecule has 8 heteroatoms. The SMILES string of the molecule is COCCCNC(=O)CN(C)C(=O)C1(COC)CCNCC1.Cl. The Balaban J connectivity index is 0.00000484. The van der Waals surface area contributed by atoms with E-state index in [0.29, 0.717) is 19.8 Å². The molecule has 0 aromatic heterocycles. The fourth-order valence-electron chi connectivity index (χ4n) is 2.79. The summed E-state index contributed by atoms with van der Waals surface area (Å²) in [4.78, 5) is 26.1. The molecule has 2 amide bonds. The van der Waals surface area contributed by atoms with Crippen molar-refractivity contribution in [3.05, 3.63) is 0 Å². The van der Waals surface area contributed by atoms with Gasteiger partial charge in [0.2, 0.25) is 11.8 Å². The van der Waals surface area contributed by atoms with Crippen LogP contribution in [0.25, 0.3) is 0 Å². The summed E-state index contributed by atoms with van der Waals surface area (Å²) in [6, 6.07) is 0. The predicted octanol–water partition coefficient (Wildman–Crippen LogP) is 0.0355. The van der Waals surface area contributed by atoms with Gasteiger partial charge in [-0.2, -0.15) is 0 Å². The van der Waals surface area contributed by atoms with Gasteiger partial charge in [0, 0.05) is 34.4 Å². The van der Waals surface area contributed by atoms with Gasteiger partial charge < -0.3 is 25.0 Å². The van der Waals surface area contributed by atoms with E-state index in [-0.39, 0.29) is 30.8 Å². The van der Waals surface area contributed by atoms with Crippen molar-refractivity contribution in [1.82, 2.24) is 15.5 Å². The fraction of sp³-hybridized carbons (Fsp3) is 0.867. The molecule has 0 saturated carbocycles. The van der Waals surface area contributed by atoms with Crippen LogP contribution in [0.5, 0.6) is 0 Å². The number of carbonyl (C=O) groups excluding carboxylic acids is 2. The molecular formula is C15H30ClN3O4. The molecule has 0 spiro atoms. The smallest absolute Gasteiger partial charge is 0.239 e. The van der Waals surface area contributed by atoms with Crippen molar-refractivity contribution in [2.45, 2.75) is 19.3 Å². The van der Waals surface area contributed by atoms with E-state index in [1.165, 1.54) is 4.90 Å². The average Bonchev–Trinajstić information content (AvgIpc) is 2.52. The molecule has 0 aliphatic carbocycles. The van der Waals surface area contributed by atoms with Gasteiger partial charge >= 0.3 is 0 Å². The molecule has 2 N–H and O–H groups in total. The largest absolute Gasteiger partial charge is 0.385 e. The molecule has 0 aromatic rings. The molecule has 1 rings (SSSR count). The Labute approximate surface area is 144 Å². The first-order chi connectivity index (χ1) is 10.6. The molecule has 0 atom stereocenters. The number of amides is 2. The minimum Gasteiger partial charge on any atom is -0.385 e. The van der Waals surface area contributed by atoms with Gasteiger partial charge in [-0.1, -0.05) is 0 Å². The molecular weight excluding hydrogens is 322 g/mol. The summed E-state index contributed by atoms with van der Waals surface area (Å²) < 4.78 is 10.2. The maximum Gasteiger partial charge on any atom is 0.239 e. The van der Waals surface area contributed by atoms with Crippen molar-refractivity contribution in [3.63, 3.8) is 0 Å². The zero-order valence-electron chi connectivity index (χ0n) is 14.4. The van der Waals surface area contributed by atoms with Gasteiger partial charge in [0.1, 0.15) is 0 Å². The molecule has 1 saturated heterocycles. The van der Waals surface area contributed by atoms with Gasteiger partial charge in [-0.15, -0.1) is 12.4 Å². The van der Waals surface area contributed by atoms with E-state index in [2.05, 4.69) is 10.6 Å². The van der Waals surface area contributed by atoms with Gasteiger partial charge in [0.15, 0.2) is 0 Å². The number of carbonyl (C=O) groups is 2. The molecule has 136 valence electrons. The predicted molar refractivity (Wildman–Crippen MR) is 90.8 cm³/mol. The second-order valence-corrected chi connectivity index (χ2v) is 5.82. The molecule has 0 bridgehead atoms. The van der Waals surface area contributed by atoms with Gasteiger partial charge in [-0.05, 0) is 32.4 Å². The van der Waals surface area contributed by atoms with Crippen LogP contribution in [0.3, 0.4) is 0 Å². The summed E-state index contributed by atoms with van der Waals surface area (Å²) in [6.45, 7) is 3.23. The highest BCUT2D eigenvalue weighted by molar-refractivity contribution is 5.88. The van der Waals surface area contributed by atoms with Crippen molar-refractivity contribution in [2.75, 3.05) is 60.7 Å². The maximum atomic E-state index is 12.7. The molecule has 0 aromatic carbocycles. The quantitative estimate of drug-likeness (QED) is 0.573. The first-order valence-corrected chi connectivity index (χ1v) is 7.76. The van der Waals surface area contributed by atoms with E-state index < -0.39 is 5.41 Å². The van der Waals surface area contributed by atoms with Crippen LogP contribution >= 0.6 is 12.4 Å². The number of nitrogens with one attached hydrogen (secondary N) is 2. The number of piperidine rings is 1. The Hall–Kier alpha value is -0.890. The van der Waals surface area contributed by atoms with Crippen LogP contribution < -0.4 is 10.6 Å². The lowest BCUT2D eigenvalue weighted by Crippen LogP contribution is -2.52. The summed E-state index contributed by atoms with van der Waals surface area (Å²) in [5.41, 5.74) is -0.509. The van der Waals surface area contributed by atoms with Crippen molar-refractivity contribution in [2.24, 2.45) is 5.41 Å². The zero-order valence-corrected chi connectivity index (χ0v) is 15.2. The summed E-state index contributed by atoms with van der Waals surface area (Å²) in [5.74, 6) is -0.156. The normalized spacial score (nSPS) is 16.3. The molecule has 23 heavy (non-hydrogen) atoms. The maximum absolute atomic E-state index is 12.7. The van der Waals surface area contributed by atoms with E-state index in [1.54, 1.807) is 21.3 Å². The first-order valence-electron chi connectivity index (χ1n) is 7.76. The van der Waals surface area contributed by atoms with E-state index in [1.807, 2.05) is 0 Å². The van der Waals surface area contributed by atoms with E-state index >= 15 is 0 Å². The Kier molecular flexibility index (Phi) is 11.2. The molecule has 1 fully saturated rings. The third-order valence-electron chi connectivity index (χ3n) is 4.01. The van der Waals surface area contributed by atoms with E-state index in [0.717, 1.165) is 32.4 Å².